The molecule has 1 aliphatic rings. The van der Waals surface area contributed by atoms with Gasteiger partial charge in [0.15, 0.2) is 0 Å². The van der Waals surface area contributed by atoms with E-state index in [-0.39, 0.29) is 36.6 Å². The minimum absolute atomic E-state index is 0.0384. The van der Waals surface area contributed by atoms with E-state index in [0.717, 1.165) is 12.1 Å². The van der Waals surface area contributed by atoms with Gasteiger partial charge in [0, 0.05) is 26.1 Å². The van der Waals surface area contributed by atoms with Gasteiger partial charge in [0.05, 0.1) is 19.6 Å². The summed E-state index contributed by atoms with van der Waals surface area (Å²) >= 11 is 0. The fourth-order valence-corrected chi connectivity index (χ4v) is 2.61. The number of hydrogen-bond donors (Lipinski definition) is 0. The van der Waals surface area contributed by atoms with E-state index in [1.807, 2.05) is 7.05 Å². The van der Waals surface area contributed by atoms with Crippen molar-refractivity contribution in [1.82, 2.24) is 9.80 Å². The molecule has 0 spiro atoms. The lowest BCUT2D eigenvalue weighted by molar-refractivity contribution is -0.144. The highest BCUT2D eigenvalue weighted by atomic mass is 19.1. The van der Waals surface area contributed by atoms with Crippen molar-refractivity contribution >= 4 is 11.9 Å². The number of amides is 1. The molecule has 1 atom stereocenters. The van der Waals surface area contributed by atoms with Crippen molar-refractivity contribution in [2.45, 2.75) is 18.9 Å². The summed E-state index contributed by atoms with van der Waals surface area (Å²) in [5.74, 6) is -0.698. The Labute approximate surface area is 129 Å². The number of nitrogens with zero attached hydrogens (tertiary/aromatic N) is 2. The van der Waals surface area contributed by atoms with Gasteiger partial charge in [0.25, 0.3) is 0 Å². The van der Waals surface area contributed by atoms with Gasteiger partial charge in [0.2, 0.25) is 5.91 Å². The van der Waals surface area contributed by atoms with Gasteiger partial charge in [-0.2, -0.15) is 0 Å². The van der Waals surface area contributed by atoms with E-state index >= 15 is 0 Å². The first kappa shape index (κ1) is 16.4. The minimum Gasteiger partial charge on any atom is -0.469 e. The molecule has 1 aliphatic heterocycles. The maximum Gasteiger partial charge on any atom is 0.306 e. The third-order valence-corrected chi connectivity index (χ3v) is 4.03. The Bertz CT molecular complexity index is 533. The van der Waals surface area contributed by atoms with E-state index in [9.17, 15) is 14.0 Å². The number of esters is 1. The zero-order chi connectivity index (χ0) is 16.1. The maximum atomic E-state index is 13.0. The molecule has 5 nitrogen and oxygen atoms in total. The highest BCUT2D eigenvalue weighted by molar-refractivity contribution is 5.81. The van der Waals surface area contributed by atoms with E-state index < -0.39 is 0 Å². The molecule has 1 fully saturated rings. The molecule has 0 saturated carbocycles. The zero-order valence-corrected chi connectivity index (χ0v) is 12.9. The summed E-state index contributed by atoms with van der Waals surface area (Å²) in [5.41, 5.74) is 0.981. The Kier molecular flexibility index (Phi) is 5.49. The van der Waals surface area contributed by atoms with Gasteiger partial charge in [0.1, 0.15) is 5.82 Å². The molecular weight excluding hydrogens is 287 g/mol. The van der Waals surface area contributed by atoms with E-state index in [1.165, 1.54) is 19.2 Å². The van der Waals surface area contributed by atoms with Gasteiger partial charge in [-0.05, 0) is 24.7 Å². The third kappa shape index (κ3) is 4.04. The molecular formula is C16H21FN2O3. The number of halogens is 1. The third-order valence-electron chi connectivity index (χ3n) is 4.03. The Morgan fingerprint density at radius 1 is 1.23 bits per heavy atom. The van der Waals surface area contributed by atoms with Crippen LogP contribution in [-0.4, -0.2) is 55.5 Å². The number of benzene rings is 1. The molecule has 0 aromatic heterocycles. The number of hydrogen-bond acceptors (Lipinski definition) is 4. The van der Waals surface area contributed by atoms with Crippen LogP contribution >= 0.6 is 0 Å². The average Bonchev–Trinajstić information content (AvgIpc) is 2.53. The first-order valence-corrected chi connectivity index (χ1v) is 7.31. The summed E-state index contributed by atoms with van der Waals surface area (Å²) in [6.07, 6.45) is 0.259. The van der Waals surface area contributed by atoms with E-state index in [4.69, 9.17) is 0 Å². The molecule has 1 unspecified atom stereocenters. The molecule has 1 aromatic carbocycles. The smallest absolute Gasteiger partial charge is 0.306 e. The van der Waals surface area contributed by atoms with Crippen LogP contribution in [0, 0.1) is 5.82 Å². The van der Waals surface area contributed by atoms with Crippen LogP contribution in [0.15, 0.2) is 24.3 Å². The number of ether oxygens (including phenoxy) is 1. The van der Waals surface area contributed by atoms with Crippen molar-refractivity contribution in [3.05, 3.63) is 35.6 Å². The monoisotopic (exact) mass is 308 g/mol. The molecule has 6 heteroatoms. The molecule has 0 radical (unpaired) electrons. The predicted octanol–water partition coefficient (Wildman–Crippen LogP) is 1.59. The standard InChI is InChI=1S/C16H21FN2O3/c1-18-9-10-19(15(20)7-8-16(21)22-2)11-14(18)12-3-5-13(17)6-4-12/h3-6,14H,7-11H2,1-2H3. The van der Waals surface area contributed by atoms with Crippen LogP contribution in [0.4, 0.5) is 4.39 Å². The number of piperazine rings is 1. The SMILES string of the molecule is COC(=O)CCC(=O)N1CCN(C)C(c2ccc(F)cc2)C1. The van der Waals surface area contributed by atoms with Crippen LogP contribution in [0.25, 0.3) is 0 Å². The Balaban J connectivity index is 1.99. The summed E-state index contributed by atoms with van der Waals surface area (Å²) in [6, 6.07) is 6.40. The second kappa shape index (κ2) is 7.35. The second-order valence-corrected chi connectivity index (χ2v) is 5.46. The van der Waals surface area contributed by atoms with Crippen molar-refractivity contribution < 1.29 is 18.7 Å². The van der Waals surface area contributed by atoms with E-state index in [0.29, 0.717) is 13.1 Å². The number of likely N-dealkylation sites (N-methyl/N-ethyl adjacent to an activating group) is 1. The van der Waals surface area contributed by atoms with Gasteiger partial charge in [-0.15, -0.1) is 0 Å². The average molecular weight is 308 g/mol. The highest BCUT2D eigenvalue weighted by Crippen LogP contribution is 2.24. The quantitative estimate of drug-likeness (QED) is 0.793. The molecule has 1 amide bonds. The van der Waals surface area contributed by atoms with Crippen molar-refractivity contribution in [2.24, 2.45) is 0 Å². The summed E-state index contributed by atoms with van der Waals surface area (Å²) in [4.78, 5) is 27.2. The molecule has 0 N–H and O–H groups in total. The molecule has 0 bridgehead atoms. The molecule has 1 saturated heterocycles. The van der Waals surface area contributed by atoms with Crippen molar-refractivity contribution in [3.8, 4) is 0 Å². The molecule has 120 valence electrons. The van der Waals surface area contributed by atoms with Crippen molar-refractivity contribution in [1.29, 1.82) is 0 Å². The summed E-state index contributed by atoms with van der Waals surface area (Å²) in [7, 11) is 3.30. The number of rotatable bonds is 4. The van der Waals surface area contributed by atoms with Crippen molar-refractivity contribution in [3.63, 3.8) is 0 Å². The number of carbonyl (C=O) groups is 2. The normalized spacial score (nSPS) is 19.0. The van der Waals surface area contributed by atoms with E-state index in [1.54, 1.807) is 17.0 Å². The van der Waals surface area contributed by atoms with Gasteiger partial charge in [-0.1, -0.05) is 12.1 Å². The fraction of sp³-hybridized carbons (Fsp3) is 0.500. The largest absolute Gasteiger partial charge is 0.469 e. The summed E-state index contributed by atoms with van der Waals surface area (Å²) < 4.78 is 17.6. The van der Waals surface area contributed by atoms with Crippen LogP contribution in [0.1, 0.15) is 24.4 Å². The Hall–Kier alpha value is -1.95. The number of methoxy groups -OCH3 is 1. The van der Waals surface area contributed by atoms with Crippen LogP contribution in [0.2, 0.25) is 0 Å². The summed E-state index contributed by atoms with van der Waals surface area (Å²) in [6.45, 7) is 1.92. The molecule has 2 rings (SSSR count). The minimum atomic E-state index is -0.377. The molecule has 0 aliphatic carbocycles. The van der Waals surface area contributed by atoms with Crippen LogP contribution < -0.4 is 0 Å². The number of carbonyl (C=O) groups excluding carboxylic acids is 2. The molecule has 1 heterocycles. The first-order chi connectivity index (χ1) is 10.5. The summed E-state index contributed by atoms with van der Waals surface area (Å²) in [5, 5.41) is 0. The van der Waals surface area contributed by atoms with Crippen LogP contribution in [0.3, 0.4) is 0 Å². The lowest BCUT2D eigenvalue weighted by Crippen LogP contribution is -2.49. The van der Waals surface area contributed by atoms with Crippen molar-refractivity contribution in [2.75, 3.05) is 33.8 Å². The zero-order valence-electron chi connectivity index (χ0n) is 12.9. The second-order valence-electron chi connectivity index (χ2n) is 5.46. The Morgan fingerprint density at radius 3 is 2.55 bits per heavy atom. The van der Waals surface area contributed by atoms with Gasteiger partial charge >= 0.3 is 5.97 Å². The van der Waals surface area contributed by atoms with Crippen LogP contribution in [-0.2, 0) is 14.3 Å². The first-order valence-electron chi connectivity index (χ1n) is 7.31. The van der Waals surface area contributed by atoms with Gasteiger partial charge in [-0.3, -0.25) is 14.5 Å². The fourth-order valence-electron chi connectivity index (χ4n) is 2.61. The predicted molar refractivity (Wildman–Crippen MR) is 79.6 cm³/mol. The lowest BCUT2D eigenvalue weighted by Gasteiger charge is -2.39. The molecule has 1 aromatic rings. The van der Waals surface area contributed by atoms with Gasteiger partial charge in [-0.25, -0.2) is 4.39 Å². The lowest BCUT2D eigenvalue weighted by atomic mass is 10.0. The topological polar surface area (TPSA) is 49.9 Å². The van der Waals surface area contributed by atoms with E-state index in [2.05, 4.69) is 9.64 Å². The highest BCUT2D eigenvalue weighted by Gasteiger charge is 2.28. The van der Waals surface area contributed by atoms with Crippen LogP contribution in [0.5, 0.6) is 0 Å². The Morgan fingerprint density at radius 2 is 1.91 bits per heavy atom. The van der Waals surface area contributed by atoms with Gasteiger partial charge < -0.3 is 9.64 Å². The molecule has 22 heavy (non-hydrogen) atoms. The maximum absolute atomic E-state index is 13.0.